The summed E-state index contributed by atoms with van der Waals surface area (Å²) in [5, 5.41) is 9.02. The first kappa shape index (κ1) is 14.2. The van der Waals surface area contributed by atoms with Crippen LogP contribution in [-0.4, -0.2) is 21.0 Å². The number of benzene rings is 1. The molecule has 5 nitrogen and oxygen atoms in total. The number of hydrogen-bond donors (Lipinski definition) is 2. The van der Waals surface area contributed by atoms with Gasteiger partial charge in [0.05, 0.1) is 12.0 Å². The Morgan fingerprint density at radius 2 is 2.05 bits per heavy atom. The molecule has 0 aliphatic carbocycles. The van der Waals surface area contributed by atoms with E-state index in [-0.39, 0.29) is 17.1 Å². The number of aromatic nitrogens is 2. The molecule has 0 amide bonds. The van der Waals surface area contributed by atoms with Crippen molar-refractivity contribution in [2.24, 2.45) is 0 Å². The van der Waals surface area contributed by atoms with Crippen LogP contribution in [0.4, 0.5) is 4.39 Å². The van der Waals surface area contributed by atoms with Gasteiger partial charge < -0.3 is 10.1 Å². The van der Waals surface area contributed by atoms with Crippen molar-refractivity contribution in [3.63, 3.8) is 0 Å². The van der Waals surface area contributed by atoms with Crippen LogP contribution >= 0.6 is 11.6 Å². The minimum absolute atomic E-state index is 0.00718. The van der Waals surface area contributed by atoms with E-state index in [1.807, 2.05) is 0 Å². The van der Waals surface area contributed by atoms with Crippen molar-refractivity contribution in [1.82, 2.24) is 9.97 Å². The molecule has 104 valence electrons. The fourth-order valence-corrected chi connectivity index (χ4v) is 2.03. The van der Waals surface area contributed by atoms with Gasteiger partial charge in [0.1, 0.15) is 16.8 Å². The van der Waals surface area contributed by atoms with Gasteiger partial charge in [0, 0.05) is 0 Å². The van der Waals surface area contributed by atoms with Crippen molar-refractivity contribution in [3.05, 3.63) is 63.0 Å². The quantitative estimate of drug-likeness (QED) is 0.903. The fraction of sp³-hybridized carbons (Fsp3) is 0.154. The van der Waals surface area contributed by atoms with Crippen LogP contribution in [0.5, 0.6) is 0 Å². The van der Waals surface area contributed by atoms with Gasteiger partial charge in [0.15, 0.2) is 0 Å². The van der Waals surface area contributed by atoms with Gasteiger partial charge in [0.25, 0.3) is 5.56 Å². The number of carboxylic acid groups (broad SMARTS) is 1. The number of aromatic amines is 1. The van der Waals surface area contributed by atoms with Gasteiger partial charge in [-0.2, -0.15) is 0 Å². The summed E-state index contributed by atoms with van der Waals surface area (Å²) in [5.74, 6) is -2.64. The zero-order valence-corrected chi connectivity index (χ0v) is 10.9. The number of carbonyl (C=O) groups is 1. The highest BCUT2D eigenvalue weighted by Gasteiger charge is 2.25. The van der Waals surface area contributed by atoms with E-state index in [9.17, 15) is 19.1 Å². The van der Waals surface area contributed by atoms with Crippen molar-refractivity contribution < 1.29 is 14.3 Å². The van der Waals surface area contributed by atoms with E-state index < -0.39 is 23.3 Å². The molecule has 0 spiro atoms. The highest BCUT2D eigenvalue weighted by Crippen LogP contribution is 2.23. The molecule has 1 heterocycles. The molecule has 0 bridgehead atoms. The number of rotatable bonds is 4. The monoisotopic (exact) mass is 296 g/mol. The maximum Gasteiger partial charge on any atom is 0.312 e. The predicted octanol–water partition coefficient (Wildman–Crippen LogP) is 1.97. The zero-order chi connectivity index (χ0) is 14.7. The van der Waals surface area contributed by atoms with E-state index in [1.54, 1.807) is 0 Å². The van der Waals surface area contributed by atoms with Crippen molar-refractivity contribution in [2.45, 2.75) is 12.3 Å². The van der Waals surface area contributed by atoms with Crippen molar-refractivity contribution >= 4 is 17.6 Å². The number of halogens is 2. The van der Waals surface area contributed by atoms with Crippen LogP contribution in [0.1, 0.15) is 17.2 Å². The summed E-state index contributed by atoms with van der Waals surface area (Å²) in [4.78, 5) is 28.8. The van der Waals surface area contributed by atoms with Crippen LogP contribution in [0.25, 0.3) is 0 Å². The van der Waals surface area contributed by atoms with E-state index in [1.165, 1.54) is 24.3 Å². The van der Waals surface area contributed by atoms with Crippen LogP contribution in [0, 0.1) is 5.82 Å². The lowest BCUT2D eigenvalue weighted by atomic mass is 9.96. The second-order valence-electron chi connectivity index (χ2n) is 4.15. The first-order valence-electron chi connectivity index (χ1n) is 5.69. The number of nitrogens with zero attached hydrogens (tertiary/aromatic N) is 1. The lowest BCUT2D eigenvalue weighted by Crippen LogP contribution is -2.20. The Hall–Kier alpha value is -2.21. The lowest BCUT2D eigenvalue weighted by molar-refractivity contribution is -0.138. The molecule has 2 rings (SSSR count). The van der Waals surface area contributed by atoms with Crippen molar-refractivity contribution in [3.8, 4) is 0 Å². The summed E-state index contributed by atoms with van der Waals surface area (Å²) in [6.07, 6.45) is 1.16. The molecule has 0 fully saturated rings. The first-order valence-corrected chi connectivity index (χ1v) is 6.07. The highest BCUT2D eigenvalue weighted by molar-refractivity contribution is 6.31. The maximum atomic E-state index is 12.8. The van der Waals surface area contributed by atoms with Crippen LogP contribution in [-0.2, 0) is 11.2 Å². The highest BCUT2D eigenvalue weighted by atomic mass is 35.5. The third kappa shape index (κ3) is 3.03. The van der Waals surface area contributed by atoms with Gasteiger partial charge in [-0.3, -0.25) is 9.59 Å². The molecular formula is C13H10ClFN2O3. The number of hydrogen-bond acceptors (Lipinski definition) is 3. The molecule has 20 heavy (non-hydrogen) atoms. The summed E-state index contributed by atoms with van der Waals surface area (Å²) in [7, 11) is 0. The predicted molar refractivity (Wildman–Crippen MR) is 70.3 cm³/mol. The normalized spacial score (nSPS) is 12.1. The van der Waals surface area contributed by atoms with Gasteiger partial charge in [-0.25, -0.2) is 9.37 Å². The first-order chi connectivity index (χ1) is 9.49. The van der Waals surface area contributed by atoms with Gasteiger partial charge in [0.2, 0.25) is 0 Å². The number of nitrogens with one attached hydrogen (secondary N) is 1. The van der Waals surface area contributed by atoms with Gasteiger partial charge in [-0.1, -0.05) is 23.7 Å². The summed E-state index contributed by atoms with van der Waals surface area (Å²) >= 11 is 5.79. The maximum absolute atomic E-state index is 12.8. The molecule has 0 aliphatic rings. The molecule has 0 saturated carbocycles. The summed E-state index contributed by atoms with van der Waals surface area (Å²) in [6.45, 7) is 0. The van der Waals surface area contributed by atoms with Gasteiger partial charge >= 0.3 is 5.97 Å². The number of aliphatic carboxylic acids is 1. The summed E-state index contributed by atoms with van der Waals surface area (Å²) in [6, 6.07) is 5.43. The Morgan fingerprint density at radius 3 is 2.65 bits per heavy atom. The Balaban J connectivity index is 2.37. The van der Waals surface area contributed by atoms with E-state index >= 15 is 0 Å². The third-order valence-corrected chi connectivity index (χ3v) is 3.17. The van der Waals surface area contributed by atoms with Crippen molar-refractivity contribution in [2.75, 3.05) is 0 Å². The number of H-pyrrole nitrogens is 1. The Kier molecular flexibility index (Phi) is 4.14. The average molecular weight is 297 g/mol. The van der Waals surface area contributed by atoms with E-state index in [0.29, 0.717) is 5.56 Å². The zero-order valence-electron chi connectivity index (χ0n) is 10.1. The van der Waals surface area contributed by atoms with Crippen LogP contribution < -0.4 is 5.56 Å². The molecule has 1 atom stereocenters. The fourth-order valence-electron chi connectivity index (χ4n) is 1.80. The average Bonchev–Trinajstić information content (AvgIpc) is 2.41. The molecule has 7 heteroatoms. The second kappa shape index (κ2) is 5.83. The Bertz CT molecular complexity index is 685. The second-order valence-corrected chi connectivity index (χ2v) is 4.53. The largest absolute Gasteiger partial charge is 0.481 e. The minimum Gasteiger partial charge on any atom is -0.481 e. The SMILES string of the molecule is O=C(O)C(Cc1ccc(F)cc1)c1nc[nH]c(=O)c1Cl. The Labute approximate surface area is 118 Å². The topological polar surface area (TPSA) is 83.0 Å². The summed E-state index contributed by atoms with van der Waals surface area (Å²) in [5.41, 5.74) is 0.00575. The molecule has 2 N–H and O–H groups in total. The number of carboxylic acids is 1. The van der Waals surface area contributed by atoms with E-state index in [4.69, 9.17) is 11.6 Å². The van der Waals surface area contributed by atoms with Gasteiger partial charge in [-0.05, 0) is 24.1 Å². The smallest absolute Gasteiger partial charge is 0.312 e. The van der Waals surface area contributed by atoms with Gasteiger partial charge in [-0.15, -0.1) is 0 Å². The molecule has 0 saturated heterocycles. The standard InChI is InChI=1S/C13H10ClFN2O3/c14-10-11(16-6-17-12(10)18)9(13(19)20)5-7-1-3-8(15)4-2-7/h1-4,6,9H,5H2,(H,19,20)(H,16,17,18). The molecule has 1 aromatic carbocycles. The summed E-state index contributed by atoms with van der Waals surface area (Å²) < 4.78 is 12.8. The molecule has 0 radical (unpaired) electrons. The molecular weight excluding hydrogens is 287 g/mol. The molecule has 1 aromatic heterocycles. The Morgan fingerprint density at radius 1 is 1.40 bits per heavy atom. The molecule has 0 aliphatic heterocycles. The lowest BCUT2D eigenvalue weighted by Gasteiger charge is -2.12. The van der Waals surface area contributed by atoms with Crippen LogP contribution in [0.15, 0.2) is 35.4 Å². The van der Waals surface area contributed by atoms with E-state index in [0.717, 1.165) is 6.33 Å². The minimum atomic E-state index is -1.16. The van der Waals surface area contributed by atoms with Crippen molar-refractivity contribution in [1.29, 1.82) is 0 Å². The van der Waals surface area contributed by atoms with Crippen LogP contribution in [0.3, 0.4) is 0 Å². The third-order valence-electron chi connectivity index (χ3n) is 2.80. The molecule has 1 unspecified atom stereocenters. The van der Waals surface area contributed by atoms with E-state index in [2.05, 4.69) is 9.97 Å². The van der Waals surface area contributed by atoms with Crippen LogP contribution in [0.2, 0.25) is 5.02 Å². The molecule has 2 aromatic rings.